The molecule has 0 saturated heterocycles. The van der Waals surface area contributed by atoms with Gasteiger partial charge >= 0.3 is 0 Å². The van der Waals surface area contributed by atoms with Crippen LogP contribution < -0.4 is 0 Å². The molecule has 0 aliphatic heterocycles. The molecule has 138 valence electrons. The van der Waals surface area contributed by atoms with E-state index in [0.29, 0.717) is 5.69 Å². The summed E-state index contributed by atoms with van der Waals surface area (Å²) in [6.45, 7) is 20.3. The molecule has 0 bridgehead atoms. The van der Waals surface area contributed by atoms with Crippen LogP contribution in [-0.2, 0) is 0 Å². The Morgan fingerprint density at radius 2 is 1.00 bits per heavy atom. The third kappa shape index (κ3) is 3.23. The van der Waals surface area contributed by atoms with Crippen LogP contribution in [0.4, 0.5) is 5.69 Å². The van der Waals surface area contributed by atoms with Gasteiger partial charge in [-0.1, -0.05) is 0 Å². The summed E-state index contributed by atoms with van der Waals surface area (Å²) < 4.78 is 0. The van der Waals surface area contributed by atoms with Crippen LogP contribution in [0.3, 0.4) is 0 Å². The van der Waals surface area contributed by atoms with Crippen molar-refractivity contribution in [3.63, 3.8) is 0 Å². The summed E-state index contributed by atoms with van der Waals surface area (Å²) in [5.74, 6) is -0.00552. The molecule has 0 fully saturated rings. The number of aromatic nitrogens is 1. The molecule has 26 heavy (non-hydrogen) atoms. The number of carbonyl (C=O) groups is 1. The summed E-state index contributed by atoms with van der Waals surface area (Å²) in [5.41, 5.74) is 12.7. The maximum absolute atomic E-state index is 12.0. The molecular weight excluding hydrogens is 320 g/mol. The number of rotatable bonds is 3. The minimum Gasteiger partial charge on any atom is -0.293 e. The van der Waals surface area contributed by atoms with Gasteiger partial charge < -0.3 is 0 Å². The third-order valence-corrected chi connectivity index (χ3v) is 5.98. The molecule has 1 aromatic carbocycles. The fraction of sp³-hybridized carbons (Fsp3) is 0.435. The van der Waals surface area contributed by atoms with Crippen LogP contribution in [0.25, 0.3) is 0 Å². The normalized spacial score (nSPS) is 11.8. The first-order chi connectivity index (χ1) is 12.0. The predicted octanol–water partition coefficient (Wildman–Crippen LogP) is 5.89. The van der Waals surface area contributed by atoms with Gasteiger partial charge in [0.15, 0.2) is 5.78 Å². The highest BCUT2D eigenvalue weighted by atomic mass is 16.1. The standard InChI is InChI=1S/C23H30N2O/c1-11-12(2)15(5)21(16(6)13(11)3)24-19(9)22-17(7)14(4)18(8)23(25-22)20(10)26/h1-10H3. The van der Waals surface area contributed by atoms with Crippen LogP contribution in [0.2, 0.25) is 0 Å². The molecule has 0 spiro atoms. The highest BCUT2D eigenvalue weighted by molar-refractivity contribution is 6.02. The van der Waals surface area contributed by atoms with Gasteiger partial charge in [0.2, 0.25) is 0 Å². The molecule has 2 rings (SSSR count). The molecular formula is C23H30N2O. The number of Topliss-reactive ketones (excluding diaryl/α,β-unsaturated/α-hetero) is 1. The first kappa shape index (κ1) is 20.0. The fourth-order valence-electron chi connectivity index (χ4n) is 3.48. The highest BCUT2D eigenvalue weighted by Crippen LogP contribution is 2.33. The molecule has 0 amide bonds. The fourth-order valence-corrected chi connectivity index (χ4v) is 3.48. The van der Waals surface area contributed by atoms with Crippen molar-refractivity contribution < 1.29 is 4.79 Å². The van der Waals surface area contributed by atoms with Gasteiger partial charge in [0, 0.05) is 6.92 Å². The molecule has 0 aliphatic rings. The van der Waals surface area contributed by atoms with Gasteiger partial charge in [-0.25, -0.2) is 4.98 Å². The quantitative estimate of drug-likeness (QED) is 0.511. The molecule has 0 radical (unpaired) electrons. The van der Waals surface area contributed by atoms with Gasteiger partial charge in [0.1, 0.15) is 5.69 Å². The molecule has 1 aromatic heterocycles. The highest BCUT2D eigenvalue weighted by Gasteiger charge is 2.17. The molecule has 0 atom stereocenters. The van der Waals surface area contributed by atoms with E-state index in [1.165, 1.54) is 27.8 Å². The van der Waals surface area contributed by atoms with E-state index in [-0.39, 0.29) is 5.78 Å². The Morgan fingerprint density at radius 3 is 1.46 bits per heavy atom. The summed E-state index contributed by atoms with van der Waals surface area (Å²) in [7, 11) is 0. The van der Waals surface area contributed by atoms with E-state index in [1.807, 2.05) is 20.8 Å². The maximum Gasteiger partial charge on any atom is 0.178 e. The van der Waals surface area contributed by atoms with Crippen molar-refractivity contribution in [2.24, 2.45) is 4.99 Å². The zero-order valence-corrected chi connectivity index (χ0v) is 17.8. The Balaban J connectivity index is 2.76. The Hall–Kier alpha value is -2.29. The van der Waals surface area contributed by atoms with Crippen molar-refractivity contribution in [2.75, 3.05) is 0 Å². The first-order valence-electron chi connectivity index (χ1n) is 9.10. The Morgan fingerprint density at radius 1 is 0.615 bits per heavy atom. The number of ketones is 1. The number of nitrogens with zero attached hydrogens (tertiary/aromatic N) is 2. The van der Waals surface area contributed by atoms with E-state index in [1.54, 1.807) is 6.92 Å². The van der Waals surface area contributed by atoms with Gasteiger partial charge in [0.25, 0.3) is 0 Å². The van der Waals surface area contributed by atoms with Gasteiger partial charge in [-0.2, -0.15) is 0 Å². The minimum atomic E-state index is -0.00552. The lowest BCUT2D eigenvalue weighted by molar-refractivity contribution is 0.101. The summed E-state index contributed by atoms with van der Waals surface area (Å²) in [5, 5.41) is 0. The Bertz CT molecular complexity index is 921. The molecule has 2 aromatic rings. The number of benzene rings is 1. The van der Waals surface area contributed by atoms with E-state index in [0.717, 1.165) is 33.8 Å². The maximum atomic E-state index is 12.0. The molecule has 0 aliphatic carbocycles. The first-order valence-corrected chi connectivity index (χ1v) is 9.10. The van der Waals surface area contributed by atoms with Crippen molar-refractivity contribution in [2.45, 2.75) is 69.2 Å². The minimum absolute atomic E-state index is 0.00552. The van der Waals surface area contributed by atoms with Crippen molar-refractivity contribution in [3.05, 3.63) is 55.9 Å². The number of hydrogen-bond donors (Lipinski definition) is 0. The van der Waals surface area contributed by atoms with Crippen LogP contribution in [0, 0.1) is 55.4 Å². The molecule has 3 heteroatoms. The molecule has 0 unspecified atom stereocenters. The number of aliphatic imine (C=N–C) groups is 1. The monoisotopic (exact) mass is 350 g/mol. The zero-order chi connectivity index (χ0) is 19.9. The summed E-state index contributed by atoms with van der Waals surface area (Å²) in [6, 6.07) is 0. The summed E-state index contributed by atoms with van der Waals surface area (Å²) in [4.78, 5) is 21.6. The number of carbonyl (C=O) groups excluding carboxylic acids is 1. The lowest BCUT2D eigenvalue weighted by atomic mass is 9.93. The smallest absolute Gasteiger partial charge is 0.178 e. The second kappa shape index (κ2) is 7.14. The van der Waals surface area contributed by atoms with E-state index >= 15 is 0 Å². The second-order valence-electron chi connectivity index (χ2n) is 7.41. The van der Waals surface area contributed by atoms with Crippen LogP contribution in [0.1, 0.15) is 74.5 Å². The molecule has 1 heterocycles. The van der Waals surface area contributed by atoms with Crippen LogP contribution in [0.15, 0.2) is 4.99 Å². The van der Waals surface area contributed by atoms with Crippen molar-refractivity contribution in [1.29, 1.82) is 0 Å². The predicted molar refractivity (Wildman–Crippen MR) is 110 cm³/mol. The van der Waals surface area contributed by atoms with E-state index < -0.39 is 0 Å². The number of hydrogen-bond acceptors (Lipinski definition) is 3. The van der Waals surface area contributed by atoms with E-state index in [2.05, 4.69) is 46.5 Å². The van der Waals surface area contributed by atoms with Gasteiger partial charge in [-0.3, -0.25) is 9.79 Å². The van der Waals surface area contributed by atoms with Crippen LogP contribution >= 0.6 is 0 Å². The zero-order valence-electron chi connectivity index (χ0n) is 17.8. The number of pyridine rings is 1. The van der Waals surface area contributed by atoms with E-state index in [4.69, 9.17) is 4.99 Å². The SMILES string of the molecule is CC(=O)c1nc(C(C)=Nc2c(C)c(C)c(C)c(C)c2C)c(C)c(C)c1C. The average Bonchev–Trinajstić information content (AvgIpc) is 2.59. The topological polar surface area (TPSA) is 42.3 Å². The summed E-state index contributed by atoms with van der Waals surface area (Å²) >= 11 is 0. The van der Waals surface area contributed by atoms with Crippen LogP contribution in [-0.4, -0.2) is 16.5 Å². The molecule has 0 saturated carbocycles. The summed E-state index contributed by atoms with van der Waals surface area (Å²) in [6.07, 6.45) is 0. The molecule has 3 nitrogen and oxygen atoms in total. The van der Waals surface area contributed by atoms with Crippen molar-refractivity contribution in [1.82, 2.24) is 4.98 Å². The van der Waals surface area contributed by atoms with Crippen molar-refractivity contribution in [3.8, 4) is 0 Å². The molecule has 0 N–H and O–H groups in total. The Kier molecular flexibility index (Phi) is 5.50. The van der Waals surface area contributed by atoms with Crippen LogP contribution in [0.5, 0.6) is 0 Å². The van der Waals surface area contributed by atoms with Gasteiger partial charge in [-0.15, -0.1) is 0 Å². The Labute approximate surface area is 157 Å². The van der Waals surface area contributed by atoms with Crippen molar-refractivity contribution >= 4 is 17.2 Å². The van der Waals surface area contributed by atoms with E-state index in [9.17, 15) is 4.79 Å². The third-order valence-electron chi connectivity index (χ3n) is 5.98. The lowest BCUT2D eigenvalue weighted by Gasteiger charge is -2.17. The lowest BCUT2D eigenvalue weighted by Crippen LogP contribution is -2.12. The van der Waals surface area contributed by atoms with Gasteiger partial charge in [-0.05, 0) is 107 Å². The largest absolute Gasteiger partial charge is 0.293 e. The van der Waals surface area contributed by atoms with Gasteiger partial charge in [0.05, 0.1) is 17.1 Å². The average molecular weight is 351 g/mol. The second-order valence-corrected chi connectivity index (χ2v) is 7.41.